The lowest BCUT2D eigenvalue weighted by atomic mass is 9.90. The number of H-pyrrole nitrogens is 1. The van der Waals surface area contributed by atoms with Crippen LogP contribution in [0.15, 0.2) is 24.5 Å². The predicted octanol–water partition coefficient (Wildman–Crippen LogP) is 2.53. The normalized spacial score (nSPS) is 13.8. The van der Waals surface area contributed by atoms with E-state index >= 15 is 0 Å². The van der Waals surface area contributed by atoms with Gasteiger partial charge in [0.2, 0.25) is 0 Å². The Labute approximate surface area is 118 Å². The van der Waals surface area contributed by atoms with Crippen molar-refractivity contribution in [2.24, 2.45) is 0 Å². The first-order valence-electron chi connectivity index (χ1n) is 7.13. The van der Waals surface area contributed by atoms with Crippen molar-refractivity contribution in [1.82, 2.24) is 15.3 Å². The number of aromatic amines is 1. The van der Waals surface area contributed by atoms with Crippen LogP contribution in [0.4, 0.5) is 0 Å². The molecule has 104 valence electrons. The first-order valence-corrected chi connectivity index (χ1v) is 7.13. The van der Waals surface area contributed by atoms with E-state index in [1.54, 1.807) is 6.33 Å². The van der Waals surface area contributed by atoms with Crippen LogP contribution < -0.4 is 5.32 Å². The molecule has 2 N–H and O–H groups in total. The summed E-state index contributed by atoms with van der Waals surface area (Å²) in [5.41, 5.74) is 5.34. The van der Waals surface area contributed by atoms with Crippen molar-refractivity contribution in [3.8, 4) is 0 Å². The fourth-order valence-corrected chi connectivity index (χ4v) is 2.75. The van der Waals surface area contributed by atoms with Crippen LogP contribution in [0.2, 0.25) is 0 Å². The molecular formula is C16H19N3O. The number of rotatable bonds is 3. The number of aryl methyl sites for hydroxylation is 3. The molecule has 0 saturated carbocycles. The SMILES string of the molecule is Cc1[nH]cnc1C(=O)NCc1ccc2c(c1)CCCC2. The molecule has 1 aliphatic carbocycles. The van der Waals surface area contributed by atoms with Crippen LogP contribution in [0, 0.1) is 6.92 Å². The van der Waals surface area contributed by atoms with Gasteiger partial charge in [0.05, 0.1) is 6.33 Å². The number of carbonyl (C=O) groups is 1. The maximum Gasteiger partial charge on any atom is 0.272 e. The molecular weight excluding hydrogens is 250 g/mol. The third kappa shape index (κ3) is 2.59. The Morgan fingerprint density at radius 1 is 1.30 bits per heavy atom. The molecule has 2 aromatic rings. The minimum absolute atomic E-state index is 0.124. The van der Waals surface area contributed by atoms with Gasteiger partial charge >= 0.3 is 0 Å². The van der Waals surface area contributed by atoms with Crippen molar-refractivity contribution < 1.29 is 4.79 Å². The second-order valence-electron chi connectivity index (χ2n) is 5.37. The van der Waals surface area contributed by atoms with Crippen LogP contribution >= 0.6 is 0 Å². The average Bonchev–Trinajstić information content (AvgIpc) is 2.91. The van der Waals surface area contributed by atoms with Crippen LogP contribution in [0.1, 0.15) is 45.7 Å². The quantitative estimate of drug-likeness (QED) is 0.899. The summed E-state index contributed by atoms with van der Waals surface area (Å²) in [5.74, 6) is -0.124. The lowest BCUT2D eigenvalue weighted by molar-refractivity contribution is 0.0946. The van der Waals surface area contributed by atoms with E-state index in [9.17, 15) is 4.79 Å². The van der Waals surface area contributed by atoms with Crippen molar-refractivity contribution in [1.29, 1.82) is 0 Å². The van der Waals surface area contributed by atoms with Gasteiger partial charge in [-0.1, -0.05) is 18.2 Å². The lowest BCUT2D eigenvalue weighted by Crippen LogP contribution is -2.24. The van der Waals surface area contributed by atoms with Gasteiger partial charge in [0.1, 0.15) is 5.69 Å². The van der Waals surface area contributed by atoms with E-state index in [1.807, 2.05) is 6.92 Å². The summed E-state index contributed by atoms with van der Waals surface area (Å²) in [4.78, 5) is 18.9. The van der Waals surface area contributed by atoms with E-state index in [0.717, 1.165) is 17.7 Å². The molecule has 4 heteroatoms. The Morgan fingerprint density at radius 2 is 2.10 bits per heavy atom. The maximum atomic E-state index is 12.0. The van der Waals surface area contributed by atoms with Crippen molar-refractivity contribution in [3.05, 3.63) is 52.6 Å². The molecule has 0 atom stereocenters. The predicted molar refractivity (Wildman–Crippen MR) is 77.6 cm³/mol. The highest BCUT2D eigenvalue weighted by Crippen LogP contribution is 2.22. The van der Waals surface area contributed by atoms with E-state index in [-0.39, 0.29) is 5.91 Å². The molecule has 1 aromatic heterocycles. The van der Waals surface area contributed by atoms with E-state index in [1.165, 1.54) is 30.4 Å². The van der Waals surface area contributed by atoms with Crippen LogP contribution in [-0.2, 0) is 19.4 Å². The van der Waals surface area contributed by atoms with E-state index in [4.69, 9.17) is 0 Å². The Kier molecular flexibility index (Phi) is 3.54. The molecule has 0 fully saturated rings. The fraction of sp³-hybridized carbons (Fsp3) is 0.375. The molecule has 0 unspecified atom stereocenters. The summed E-state index contributed by atoms with van der Waals surface area (Å²) in [6, 6.07) is 6.55. The van der Waals surface area contributed by atoms with E-state index in [2.05, 4.69) is 33.5 Å². The lowest BCUT2D eigenvalue weighted by Gasteiger charge is -2.16. The van der Waals surface area contributed by atoms with Crippen molar-refractivity contribution >= 4 is 5.91 Å². The number of aromatic nitrogens is 2. The Hall–Kier alpha value is -2.10. The Morgan fingerprint density at radius 3 is 2.85 bits per heavy atom. The largest absolute Gasteiger partial charge is 0.348 e. The van der Waals surface area contributed by atoms with E-state index < -0.39 is 0 Å². The number of hydrogen-bond acceptors (Lipinski definition) is 2. The zero-order chi connectivity index (χ0) is 13.9. The summed E-state index contributed by atoms with van der Waals surface area (Å²) in [7, 11) is 0. The van der Waals surface area contributed by atoms with Gasteiger partial charge in [0.25, 0.3) is 5.91 Å². The molecule has 0 saturated heterocycles. The van der Waals surface area contributed by atoms with Crippen LogP contribution in [-0.4, -0.2) is 15.9 Å². The summed E-state index contributed by atoms with van der Waals surface area (Å²) < 4.78 is 0. The van der Waals surface area contributed by atoms with Gasteiger partial charge in [-0.3, -0.25) is 4.79 Å². The van der Waals surface area contributed by atoms with Crippen LogP contribution in [0.25, 0.3) is 0 Å². The van der Waals surface area contributed by atoms with E-state index in [0.29, 0.717) is 12.2 Å². The molecule has 4 nitrogen and oxygen atoms in total. The van der Waals surface area contributed by atoms with Crippen molar-refractivity contribution in [2.75, 3.05) is 0 Å². The number of benzene rings is 1. The molecule has 1 aliphatic rings. The number of fused-ring (bicyclic) bond motifs is 1. The number of hydrogen-bond donors (Lipinski definition) is 2. The van der Waals surface area contributed by atoms with Crippen LogP contribution in [0.3, 0.4) is 0 Å². The summed E-state index contributed by atoms with van der Waals surface area (Å²) in [6.45, 7) is 2.40. The Bertz CT molecular complexity index is 630. The molecule has 0 radical (unpaired) electrons. The van der Waals surface area contributed by atoms with Gasteiger partial charge in [-0.25, -0.2) is 4.98 Å². The third-order valence-corrected chi connectivity index (χ3v) is 3.91. The monoisotopic (exact) mass is 269 g/mol. The molecule has 20 heavy (non-hydrogen) atoms. The number of carbonyl (C=O) groups excluding carboxylic acids is 1. The summed E-state index contributed by atoms with van der Waals surface area (Å²) >= 11 is 0. The highest BCUT2D eigenvalue weighted by molar-refractivity contribution is 5.93. The third-order valence-electron chi connectivity index (χ3n) is 3.91. The molecule has 0 aliphatic heterocycles. The molecule has 1 amide bonds. The average molecular weight is 269 g/mol. The number of amides is 1. The highest BCUT2D eigenvalue weighted by atomic mass is 16.1. The van der Waals surface area contributed by atoms with Gasteiger partial charge in [-0.05, 0) is 49.3 Å². The smallest absolute Gasteiger partial charge is 0.272 e. The molecule has 0 spiro atoms. The first-order chi connectivity index (χ1) is 9.74. The molecule has 1 heterocycles. The van der Waals surface area contributed by atoms with Gasteiger partial charge in [0, 0.05) is 12.2 Å². The van der Waals surface area contributed by atoms with Gasteiger partial charge in [0.15, 0.2) is 0 Å². The zero-order valence-corrected chi connectivity index (χ0v) is 11.7. The van der Waals surface area contributed by atoms with Gasteiger partial charge in [-0.2, -0.15) is 0 Å². The topological polar surface area (TPSA) is 57.8 Å². The van der Waals surface area contributed by atoms with Crippen molar-refractivity contribution in [2.45, 2.75) is 39.2 Å². The van der Waals surface area contributed by atoms with Gasteiger partial charge in [-0.15, -0.1) is 0 Å². The first kappa shape index (κ1) is 12.9. The molecule has 1 aromatic carbocycles. The Balaban J connectivity index is 1.67. The molecule has 0 bridgehead atoms. The maximum absolute atomic E-state index is 12.0. The minimum atomic E-state index is -0.124. The minimum Gasteiger partial charge on any atom is -0.348 e. The highest BCUT2D eigenvalue weighted by Gasteiger charge is 2.12. The number of nitrogens with zero attached hydrogens (tertiary/aromatic N) is 1. The number of imidazole rings is 1. The van der Waals surface area contributed by atoms with Gasteiger partial charge < -0.3 is 10.3 Å². The molecule has 3 rings (SSSR count). The second-order valence-corrected chi connectivity index (χ2v) is 5.37. The zero-order valence-electron chi connectivity index (χ0n) is 11.7. The number of nitrogens with one attached hydrogen (secondary N) is 2. The van der Waals surface area contributed by atoms with Crippen LogP contribution in [0.5, 0.6) is 0 Å². The summed E-state index contributed by atoms with van der Waals surface area (Å²) in [6.07, 6.45) is 6.46. The van der Waals surface area contributed by atoms with Crippen molar-refractivity contribution in [3.63, 3.8) is 0 Å². The summed E-state index contributed by atoms with van der Waals surface area (Å²) in [5, 5.41) is 2.93. The second kappa shape index (κ2) is 5.49. The standard InChI is InChI=1S/C16H19N3O/c1-11-15(19-10-18-11)16(20)17-9-12-6-7-13-4-2-3-5-14(13)8-12/h6-8,10H,2-5,9H2,1H3,(H,17,20)(H,18,19). The fourth-order valence-electron chi connectivity index (χ4n) is 2.75.